The van der Waals surface area contributed by atoms with Gasteiger partial charge < -0.3 is 14.7 Å². The predicted octanol–water partition coefficient (Wildman–Crippen LogP) is 3.40. The Labute approximate surface area is 136 Å². The lowest BCUT2D eigenvalue weighted by Gasteiger charge is -2.37. The van der Waals surface area contributed by atoms with E-state index in [2.05, 4.69) is 74.9 Å². The Kier molecular flexibility index (Phi) is 5.87. The predicted molar refractivity (Wildman–Crippen MR) is 96.8 cm³/mol. The second kappa shape index (κ2) is 7.47. The van der Waals surface area contributed by atoms with Crippen molar-refractivity contribution in [3.05, 3.63) is 29.3 Å². The highest BCUT2D eigenvalue weighted by Gasteiger charge is 2.22. The lowest BCUT2D eigenvalue weighted by atomic mass is 9.97. The quantitative estimate of drug-likeness (QED) is 0.825. The van der Waals surface area contributed by atoms with E-state index in [0.29, 0.717) is 5.92 Å². The minimum absolute atomic E-state index is 0.592. The molecular weight excluding hydrogens is 270 g/mol. The molecule has 1 heterocycles. The zero-order valence-corrected chi connectivity index (χ0v) is 15.3. The number of rotatable bonds is 5. The molecule has 124 valence electrons. The lowest BCUT2D eigenvalue weighted by molar-refractivity contribution is 0.249. The summed E-state index contributed by atoms with van der Waals surface area (Å²) in [5.41, 5.74) is 4.36. The van der Waals surface area contributed by atoms with Gasteiger partial charge >= 0.3 is 0 Å². The summed E-state index contributed by atoms with van der Waals surface area (Å²) in [6, 6.07) is 7.82. The Bertz CT molecular complexity index is 472. The van der Waals surface area contributed by atoms with Crippen molar-refractivity contribution in [3.63, 3.8) is 0 Å². The molecule has 1 aromatic rings. The summed E-state index contributed by atoms with van der Waals surface area (Å²) in [6.07, 6.45) is 2.53. The van der Waals surface area contributed by atoms with Gasteiger partial charge in [0, 0.05) is 31.4 Å². The van der Waals surface area contributed by atoms with E-state index in [0.717, 1.165) is 12.6 Å². The van der Waals surface area contributed by atoms with Crippen molar-refractivity contribution < 1.29 is 0 Å². The maximum atomic E-state index is 2.59. The van der Waals surface area contributed by atoms with Gasteiger partial charge in [0.05, 0.1) is 0 Å². The first-order valence-electron chi connectivity index (χ1n) is 8.57. The standard InChI is InChI=1S/C19H33N3/c1-15(2)16-7-8-19(17(13-16)14-20(3)4)22-11-9-18(10-12-22)21(5)6/h7-8,13,15,18H,9-12,14H2,1-6H3. The first-order chi connectivity index (χ1) is 10.4. The van der Waals surface area contributed by atoms with E-state index >= 15 is 0 Å². The number of nitrogens with zero attached hydrogens (tertiary/aromatic N) is 3. The molecule has 1 aliphatic rings. The number of benzene rings is 1. The van der Waals surface area contributed by atoms with Crippen molar-refractivity contribution in [1.82, 2.24) is 9.80 Å². The van der Waals surface area contributed by atoms with E-state index in [1.165, 1.54) is 42.7 Å². The van der Waals surface area contributed by atoms with E-state index in [-0.39, 0.29) is 0 Å². The van der Waals surface area contributed by atoms with Gasteiger partial charge in [0.2, 0.25) is 0 Å². The normalized spacial score (nSPS) is 17.0. The first kappa shape index (κ1) is 17.3. The highest BCUT2D eigenvalue weighted by Crippen LogP contribution is 2.29. The van der Waals surface area contributed by atoms with Crippen molar-refractivity contribution in [3.8, 4) is 0 Å². The monoisotopic (exact) mass is 303 g/mol. The van der Waals surface area contributed by atoms with Crippen molar-refractivity contribution >= 4 is 5.69 Å². The number of hydrogen-bond donors (Lipinski definition) is 0. The fourth-order valence-electron chi connectivity index (χ4n) is 3.36. The van der Waals surface area contributed by atoms with E-state index in [1.807, 2.05) is 0 Å². The summed E-state index contributed by atoms with van der Waals surface area (Å²) in [4.78, 5) is 7.23. The third kappa shape index (κ3) is 4.23. The van der Waals surface area contributed by atoms with Gasteiger partial charge in [0.25, 0.3) is 0 Å². The van der Waals surface area contributed by atoms with Crippen LogP contribution in [0, 0.1) is 0 Å². The summed E-state index contributed by atoms with van der Waals surface area (Å²) in [5.74, 6) is 0.592. The maximum Gasteiger partial charge on any atom is 0.0412 e. The van der Waals surface area contributed by atoms with Gasteiger partial charge in [-0.25, -0.2) is 0 Å². The topological polar surface area (TPSA) is 9.72 Å². The molecule has 1 aromatic carbocycles. The van der Waals surface area contributed by atoms with Gasteiger partial charge in [-0.05, 0) is 64.1 Å². The van der Waals surface area contributed by atoms with E-state index in [9.17, 15) is 0 Å². The van der Waals surface area contributed by atoms with Gasteiger partial charge in [-0.2, -0.15) is 0 Å². The summed E-state index contributed by atoms with van der Waals surface area (Å²) >= 11 is 0. The largest absolute Gasteiger partial charge is 0.371 e. The van der Waals surface area contributed by atoms with Crippen LogP contribution < -0.4 is 4.90 Å². The third-order valence-electron chi connectivity index (χ3n) is 4.79. The van der Waals surface area contributed by atoms with E-state index in [4.69, 9.17) is 0 Å². The highest BCUT2D eigenvalue weighted by molar-refractivity contribution is 5.56. The molecule has 0 amide bonds. The molecule has 0 spiro atoms. The van der Waals surface area contributed by atoms with Crippen LogP contribution in [0.25, 0.3) is 0 Å². The molecule has 0 radical (unpaired) electrons. The van der Waals surface area contributed by atoms with Crippen LogP contribution in [-0.4, -0.2) is 57.1 Å². The molecule has 0 aromatic heterocycles. The Morgan fingerprint density at radius 2 is 1.73 bits per heavy atom. The number of hydrogen-bond acceptors (Lipinski definition) is 3. The van der Waals surface area contributed by atoms with Crippen LogP contribution in [-0.2, 0) is 6.54 Å². The minimum Gasteiger partial charge on any atom is -0.371 e. The van der Waals surface area contributed by atoms with Gasteiger partial charge in [-0.3, -0.25) is 0 Å². The second-order valence-corrected chi connectivity index (χ2v) is 7.46. The molecule has 0 N–H and O–H groups in total. The molecule has 3 heteroatoms. The maximum absolute atomic E-state index is 2.59. The van der Waals surface area contributed by atoms with Gasteiger partial charge in [-0.1, -0.05) is 26.0 Å². The first-order valence-corrected chi connectivity index (χ1v) is 8.57. The average molecular weight is 303 g/mol. The van der Waals surface area contributed by atoms with Crippen LogP contribution in [0.5, 0.6) is 0 Å². The van der Waals surface area contributed by atoms with Gasteiger partial charge in [0.1, 0.15) is 0 Å². The van der Waals surface area contributed by atoms with Gasteiger partial charge in [0.15, 0.2) is 0 Å². The van der Waals surface area contributed by atoms with Gasteiger partial charge in [-0.15, -0.1) is 0 Å². The van der Waals surface area contributed by atoms with E-state index < -0.39 is 0 Å². The van der Waals surface area contributed by atoms with Crippen molar-refractivity contribution in [2.24, 2.45) is 0 Å². The molecular formula is C19H33N3. The fourth-order valence-corrected chi connectivity index (χ4v) is 3.36. The molecule has 22 heavy (non-hydrogen) atoms. The van der Waals surface area contributed by atoms with Crippen molar-refractivity contribution in [2.45, 2.75) is 45.2 Å². The zero-order chi connectivity index (χ0) is 16.3. The molecule has 0 bridgehead atoms. The van der Waals surface area contributed by atoms with Crippen LogP contribution in [0.3, 0.4) is 0 Å². The SMILES string of the molecule is CC(C)c1ccc(N2CCC(N(C)C)CC2)c(CN(C)C)c1. The van der Waals surface area contributed by atoms with Crippen LogP contribution in [0.15, 0.2) is 18.2 Å². The lowest BCUT2D eigenvalue weighted by Crippen LogP contribution is -2.42. The molecule has 0 saturated carbocycles. The number of anilines is 1. The molecule has 1 saturated heterocycles. The molecule has 0 aliphatic carbocycles. The molecule has 3 nitrogen and oxygen atoms in total. The van der Waals surface area contributed by atoms with Crippen LogP contribution in [0.4, 0.5) is 5.69 Å². The Morgan fingerprint density at radius 1 is 1.09 bits per heavy atom. The van der Waals surface area contributed by atoms with Crippen LogP contribution in [0.2, 0.25) is 0 Å². The molecule has 0 unspecified atom stereocenters. The van der Waals surface area contributed by atoms with Crippen LogP contribution >= 0.6 is 0 Å². The Hall–Kier alpha value is -1.06. The van der Waals surface area contributed by atoms with E-state index in [1.54, 1.807) is 0 Å². The second-order valence-electron chi connectivity index (χ2n) is 7.46. The summed E-state index contributed by atoms with van der Waals surface area (Å²) < 4.78 is 0. The zero-order valence-electron chi connectivity index (χ0n) is 15.3. The van der Waals surface area contributed by atoms with Crippen molar-refractivity contribution in [2.75, 3.05) is 46.2 Å². The Morgan fingerprint density at radius 3 is 2.23 bits per heavy atom. The smallest absolute Gasteiger partial charge is 0.0412 e. The average Bonchev–Trinajstić information content (AvgIpc) is 2.46. The molecule has 1 aliphatic heterocycles. The molecule has 1 fully saturated rings. The molecule has 0 atom stereocenters. The fraction of sp³-hybridized carbons (Fsp3) is 0.684. The van der Waals surface area contributed by atoms with Crippen LogP contribution in [0.1, 0.15) is 43.7 Å². The number of piperidine rings is 1. The summed E-state index contributed by atoms with van der Waals surface area (Å²) in [6.45, 7) is 7.91. The third-order valence-corrected chi connectivity index (χ3v) is 4.79. The summed E-state index contributed by atoms with van der Waals surface area (Å²) in [5, 5.41) is 0. The summed E-state index contributed by atoms with van der Waals surface area (Å²) in [7, 11) is 8.72. The highest BCUT2D eigenvalue weighted by atomic mass is 15.2. The Balaban J connectivity index is 2.19. The molecule has 2 rings (SSSR count). The van der Waals surface area contributed by atoms with Crippen molar-refractivity contribution in [1.29, 1.82) is 0 Å². The minimum atomic E-state index is 0.592.